The number of nitrogens with one attached hydrogen (secondary N) is 1. The standard InChI is InChI=1S/C18H24N2O2S/c1-4-14(5-2)19-17(21)10-15-12-23-18(20-15)11-22-16-8-6-13(3)7-9-16/h6-9,12,14H,4-5,10-11H2,1-3H3,(H,19,21). The van der Waals surface area contributed by atoms with Crippen LogP contribution in [-0.2, 0) is 17.8 Å². The van der Waals surface area contributed by atoms with Crippen LogP contribution >= 0.6 is 11.3 Å². The first kappa shape index (κ1) is 17.5. The lowest BCUT2D eigenvalue weighted by Crippen LogP contribution is -2.34. The summed E-state index contributed by atoms with van der Waals surface area (Å²) in [5, 5.41) is 5.85. The van der Waals surface area contributed by atoms with E-state index >= 15 is 0 Å². The summed E-state index contributed by atoms with van der Waals surface area (Å²) in [7, 11) is 0. The van der Waals surface area contributed by atoms with Crippen molar-refractivity contribution in [2.24, 2.45) is 0 Å². The Labute approximate surface area is 141 Å². The number of hydrogen-bond acceptors (Lipinski definition) is 4. The number of carbonyl (C=O) groups excluding carboxylic acids is 1. The quantitative estimate of drug-likeness (QED) is 0.798. The molecule has 1 amide bonds. The van der Waals surface area contributed by atoms with Crippen LogP contribution in [0.25, 0.3) is 0 Å². The number of ether oxygens (including phenoxy) is 1. The molecular weight excluding hydrogens is 308 g/mol. The fourth-order valence-electron chi connectivity index (χ4n) is 2.21. The third kappa shape index (κ3) is 5.67. The molecule has 4 nitrogen and oxygen atoms in total. The van der Waals surface area contributed by atoms with Crippen molar-refractivity contribution in [1.82, 2.24) is 10.3 Å². The lowest BCUT2D eigenvalue weighted by atomic mass is 10.1. The van der Waals surface area contributed by atoms with E-state index in [9.17, 15) is 4.79 Å². The molecule has 124 valence electrons. The molecule has 0 atom stereocenters. The number of amides is 1. The molecule has 0 radical (unpaired) electrons. The van der Waals surface area contributed by atoms with E-state index in [1.54, 1.807) is 0 Å². The number of rotatable bonds is 8. The van der Waals surface area contributed by atoms with Crippen molar-refractivity contribution in [1.29, 1.82) is 0 Å². The SMILES string of the molecule is CCC(CC)NC(=O)Cc1csc(COc2ccc(C)cc2)n1. The molecular formula is C18H24N2O2S. The van der Waals surface area contributed by atoms with Crippen LogP contribution in [0.1, 0.15) is 43.0 Å². The Balaban J connectivity index is 1.83. The second-order valence-corrected chi connectivity index (χ2v) is 6.53. The zero-order valence-corrected chi connectivity index (χ0v) is 14.8. The van der Waals surface area contributed by atoms with Crippen LogP contribution in [0.4, 0.5) is 0 Å². The van der Waals surface area contributed by atoms with Crippen LogP contribution in [0, 0.1) is 6.92 Å². The molecule has 1 aromatic heterocycles. The van der Waals surface area contributed by atoms with E-state index in [0.717, 1.165) is 29.3 Å². The molecule has 0 spiro atoms. The van der Waals surface area contributed by atoms with Gasteiger partial charge in [-0.2, -0.15) is 0 Å². The van der Waals surface area contributed by atoms with Crippen LogP contribution in [0.3, 0.4) is 0 Å². The first-order valence-corrected chi connectivity index (χ1v) is 8.90. The first-order chi connectivity index (χ1) is 11.1. The van der Waals surface area contributed by atoms with E-state index in [1.165, 1.54) is 16.9 Å². The maximum atomic E-state index is 12.0. The molecule has 1 heterocycles. The van der Waals surface area contributed by atoms with Gasteiger partial charge in [0.2, 0.25) is 5.91 Å². The van der Waals surface area contributed by atoms with E-state index < -0.39 is 0 Å². The largest absolute Gasteiger partial charge is 0.486 e. The molecule has 0 fully saturated rings. The molecule has 23 heavy (non-hydrogen) atoms. The Morgan fingerprint density at radius 3 is 2.61 bits per heavy atom. The maximum absolute atomic E-state index is 12.0. The van der Waals surface area contributed by atoms with Crippen LogP contribution < -0.4 is 10.1 Å². The van der Waals surface area contributed by atoms with Gasteiger partial charge in [0.1, 0.15) is 17.4 Å². The number of aryl methyl sites for hydroxylation is 1. The monoisotopic (exact) mass is 332 g/mol. The van der Waals surface area contributed by atoms with E-state index in [4.69, 9.17) is 4.74 Å². The Morgan fingerprint density at radius 1 is 1.26 bits per heavy atom. The minimum absolute atomic E-state index is 0.0370. The van der Waals surface area contributed by atoms with Crippen molar-refractivity contribution in [3.8, 4) is 5.75 Å². The number of carbonyl (C=O) groups is 1. The van der Waals surface area contributed by atoms with Gasteiger partial charge in [0.25, 0.3) is 0 Å². The Hall–Kier alpha value is -1.88. The van der Waals surface area contributed by atoms with Crippen molar-refractivity contribution < 1.29 is 9.53 Å². The summed E-state index contributed by atoms with van der Waals surface area (Å²) in [5.41, 5.74) is 2.01. The highest BCUT2D eigenvalue weighted by molar-refractivity contribution is 7.09. The molecule has 1 aromatic carbocycles. The Morgan fingerprint density at radius 2 is 1.96 bits per heavy atom. The second-order valence-electron chi connectivity index (χ2n) is 5.59. The van der Waals surface area contributed by atoms with Crippen molar-refractivity contribution in [2.75, 3.05) is 0 Å². The summed E-state index contributed by atoms with van der Waals surface area (Å²) >= 11 is 1.53. The van der Waals surface area contributed by atoms with E-state index in [2.05, 4.69) is 24.1 Å². The topological polar surface area (TPSA) is 51.2 Å². The van der Waals surface area contributed by atoms with Crippen molar-refractivity contribution in [3.63, 3.8) is 0 Å². The summed E-state index contributed by atoms with van der Waals surface area (Å²) in [6.45, 7) is 6.64. The van der Waals surface area contributed by atoms with Gasteiger partial charge in [0.05, 0.1) is 12.1 Å². The Kier molecular flexibility index (Phi) is 6.59. The molecule has 2 rings (SSSR count). The highest BCUT2D eigenvalue weighted by Crippen LogP contribution is 2.16. The van der Waals surface area contributed by atoms with Gasteiger partial charge in [-0.3, -0.25) is 4.79 Å². The van der Waals surface area contributed by atoms with Gasteiger partial charge in [-0.1, -0.05) is 31.5 Å². The van der Waals surface area contributed by atoms with Gasteiger partial charge in [0, 0.05) is 11.4 Å². The van der Waals surface area contributed by atoms with Crippen molar-refractivity contribution in [3.05, 3.63) is 45.9 Å². The average molecular weight is 332 g/mol. The summed E-state index contributed by atoms with van der Waals surface area (Å²) in [5.74, 6) is 0.869. The minimum atomic E-state index is 0.0370. The van der Waals surface area contributed by atoms with Gasteiger partial charge >= 0.3 is 0 Å². The molecule has 0 saturated carbocycles. The summed E-state index contributed by atoms with van der Waals surface area (Å²) in [4.78, 5) is 16.5. The van der Waals surface area contributed by atoms with Crippen LogP contribution in [-0.4, -0.2) is 16.9 Å². The van der Waals surface area contributed by atoms with Gasteiger partial charge in [-0.05, 0) is 31.9 Å². The van der Waals surface area contributed by atoms with Gasteiger partial charge < -0.3 is 10.1 Å². The number of thiazole rings is 1. The predicted molar refractivity (Wildman–Crippen MR) is 93.8 cm³/mol. The number of aromatic nitrogens is 1. The molecule has 0 bridgehead atoms. The maximum Gasteiger partial charge on any atom is 0.226 e. The minimum Gasteiger partial charge on any atom is -0.486 e. The summed E-state index contributed by atoms with van der Waals surface area (Å²) < 4.78 is 5.71. The third-order valence-electron chi connectivity index (χ3n) is 3.67. The van der Waals surface area contributed by atoms with Gasteiger partial charge in [-0.15, -0.1) is 11.3 Å². The molecule has 0 aliphatic rings. The highest BCUT2D eigenvalue weighted by Gasteiger charge is 2.11. The fourth-order valence-corrected chi connectivity index (χ4v) is 2.92. The van der Waals surface area contributed by atoms with E-state index in [1.807, 2.05) is 36.6 Å². The van der Waals surface area contributed by atoms with Crippen LogP contribution in [0.5, 0.6) is 5.75 Å². The van der Waals surface area contributed by atoms with Gasteiger partial charge in [0.15, 0.2) is 0 Å². The number of benzene rings is 1. The van der Waals surface area contributed by atoms with Gasteiger partial charge in [-0.25, -0.2) is 4.98 Å². The average Bonchev–Trinajstić information content (AvgIpc) is 2.99. The summed E-state index contributed by atoms with van der Waals surface area (Å²) in [6.07, 6.45) is 2.24. The van der Waals surface area contributed by atoms with Crippen LogP contribution in [0.15, 0.2) is 29.6 Å². The predicted octanol–water partition coefficient (Wildman–Crippen LogP) is 3.88. The third-order valence-corrected chi connectivity index (χ3v) is 4.55. The molecule has 0 unspecified atom stereocenters. The smallest absolute Gasteiger partial charge is 0.226 e. The van der Waals surface area contributed by atoms with Crippen LogP contribution in [0.2, 0.25) is 0 Å². The molecule has 0 aliphatic carbocycles. The highest BCUT2D eigenvalue weighted by atomic mass is 32.1. The zero-order valence-electron chi connectivity index (χ0n) is 14.0. The second kappa shape index (κ2) is 8.67. The normalized spacial score (nSPS) is 10.8. The van der Waals surface area contributed by atoms with Crippen molar-refractivity contribution in [2.45, 2.75) is 52.7 Å². The zero-order chi connectivity index (χ0) is 16.7. The lowest BCUT2D eigenvalue weighted by Gasteiger charge is -2.13. The molecule has 0 aliphatic heterocycles. The fraction of sp³-hybridized carbons (Fsp3) is 0.444. The Bertz CT molecular complexity index is 618. The van der Waals surface area contributed by atoms with E-state index in [-0.39, 0.29) is 11.9 Å². The number of nitrogens with zero attached hydrogens (tertiary/aromatic N) is 1. The molecule has 0 saturated heterocycles. The molecule has 1 N–H and O–H groups in total. The first-order valence-electron chi connectivity index (χ1n) is 8.02. The number of hydrogen-bond donors (Lipinski definition) is 1. The van der Waals surface area contributed by atoms with E-state index in [0.29, 0.717) is 13.0 Å². The lowest BCUT2D eigenvalue weighted by molar-refractivity contribution is -0.121. The molecule has 2 aromatic rings. The van der Waals surface area contributed by atoms with Crippen molar-refractivity contribution >= 4 is 17.2 Å². The molecule has 5 heteroatoms. The summed E-state index contributed by atoms with van der Waals surface area (Å²) in [6, 6.07) is 8.20.